The highest BCUT2D eigenvalue weighted by Gasteiger charge is 2.17. The molecule has 0 spiro atoms. The second kappa shape index (κ2) is 7.63. The second-order valence-electron chi connectivity index (χ2n) is 8.91. The van der Waals surface area contributed by atoms with E-state index in [0.29, 0.717) is 5.92 Å². The van der Waals surface area contributed by atoms with Crippen molar-refractivity contribution in [3.05, 3.63) is 102 Å². The molecule has 0 aliphatic rings. The van der Waals surface area contributed by atoms with Crippen molar-refractivity contribution in [2.75, 3.05) is 0 Å². The average molecular weight is 430 g/mol. The maximum absolute atomic E-state index is 4.92. The lowest BCUT2D eigenvalue weighted by molar-refractivity contribution is 0.726. The molecule has 2 heterocycles. The van der Waals surface area contributed by atoms with Gasteiger partial charge in [0.25, 0.3) is 0 Å². The van der Waals surface area contributed by atoms with Gasteiger partial charge in [-0.15, -0.1) is 0 Å². The van der Waals surface area contributed by atoms with Gasteiger partial charge in [0.2, 0.25) is 0 Å². The van der Waals surface area contributed by atoms with Crippen molar-refractivity contribution < 1.29 is 0 Å². The number of aryl methyl sites for hydroxylation is 1. The van der Waals surface area contributed by atoms with Crippen molar-refractivity contribution >= 4 is 32.8 Å². The van der Waals surface area contributed by atoms with Crippen LogP contribution in [0, 0.1) is 6.92 Å². The molecule has 0 aliphatic heterocycles. The molecule has 0 bridgehead atoms. The van der Waals surface area contributed by atoms with E-state index in [1.165, 1.54) is 33.1 Å². The van der Waals surface area contributed by atoms with E-state index >= 15 is 0 Å². The Balaban J connectivity index is 1.65. The van der Waals surface area contributed by atoms with Crippen LogP contribution in [0.1, 0.15) is 37.6 Å². The standard InChI is InChI=1S/C30H27N3/c1-4-20(2)23-11-5-8-14-27(23)32-21(3)31-26-18-17-22(19-30(26)32)33-28-15-9-6-12-24(28)25-13-7-10-16-29(25)33/h5-20H,4H2,1-3H3. The lowest BCUT2D eigenvalue weighted by Crippen LogP contribution is -2.04. The Kier molecular flexibility index (Phi) is 4.58. The Labute approximate surface area is 193 Å². The van der Waals surface area contributed by atoms with E-state index in [4.69, 9.17) is 4.98 Å². The summed E-state index contributed by atoms with van der Waals surface area (Å²) in [4.78, 5) is 4.92. The summed E-state index contributed by atoms with van der Waals surface area (Å²) in [5.74, 6) is 1.50. The van der Waals surface area contributed by atoms with E-state index in [-0.39, 0.29) is 0 Å². The summed E-state index contributed by atoms with van der Waals surface area (Å²) in [7, 11) is 0. The zero-order valence-electron chi connectivity index (χ0n) is 19.3. The highest BCUT2D eigenvalue weighted by atomic mass is 15.1. The predicted molar refractivity (Wildman–Crippen MR) is 139 cm³/mol. The molecule has 0 saturated carbocycles. The average Bonchev–Trinajstić information content (AvgIpc) is 3.37. The first kappa shape index (κ1) is 19.8. The van der Waals surface area contributed by atoms with Crippen LogP contribution in [0.4, 0.5) is 0 Å². The van der Waals surface area contributed by atoms with Crippen LogP contribution in [-0.4, -0.2) is 14.1 Å². The van der Waals surface area contributed by atoms with Crippen LogP contribution in [0.5, 0.6) is 0 Å². The fourth-order valence-electron chi connectivity index (χ4n) is 5.16. The molecule has 6 rings (SSSR count). The molecular formula is C30H27N3. The van der Waals surface area contributed by atoms with E-state index in [2.05, 4.69) is 121 Å². The molecular weight excluding hydrogens is 402 g/mol. The van der Waals surface area contributed by atoms with Gasteiger partial charge in [-0.3, -0.25) is 4.57 Å². The van der Waals surface area contributed by atoms with Gasteiger partial charge < -0.3 is 4.57 Å². The van der Waals surface area contributed by atoms with Crippen molar-refractivity contribution in [3.8, 4) is 11.4 Å². The largest absolute Gasteiger partial charge is 0.309 e. The number of imidazole rings is 1. The van der Waals surface area contributed by atoms with Crippen molar-refractivity contribution in [2.24, 2.45) is 0 Å². The van der Waals surface area contributed by atoms with Gasteiger partial charge >= 0.3 is 0 Å². The van der Waals surface area contributed by atoms with Crippen LogP contribution in [0.2, 0.25) is 0 Å². The summed E-state index contributed by atoms with van der Waals surface area (Å²) in [6, 6.07) is 32.7. The van der Waals surface area contributed by atoms with Crippen LogP contribution in [0.3, 0.4) is 0 Å². The Morgan fingerprint density at radius 3 is 2.06 bits per heavy atom. The first-order chi connectivity index (χ1) is 16.2. The van der Waals surface area contributed by atoms with Crippen molar-refractivity contribution in [2.45, 2.75) is 33.1 Å². The van der Waals surface area contributed by atoms with Crippen molar-refractivity contribution in [3.63, 3.8) is 0 Å². The predicted octanol–water partition coefficient (Wildman–Crippen LogP) is 7.94. The highest BCUT2D eigenvalue weighted by Crippen LogP contribution is 2.34. The van der Waals surface area contributed by atoms with Gasteiger partial charge in [0.1, 0.15) is 5.82 Å². The maximum Gasteiger partial charge on any atom is 0.111 e. The smallest absolute Gasteiger partial charge is 0.111 e. The Bertz CT molecular complexity index is 1580. The molecule has 3 nitrogen and oxygen atoms in total. The molecule has 1 atom stereocenters. The molecule has 4 aromatic carbocycles. The monoisotopic (exact) mass is 429 g/mol. The van der Waals surface area contributed by atoms with Crippen LogP contribution in [0.25, 0.3) is 44.2 Å². The molecule has 6 aromatic rings. The van der Waals surface area contributed by atoms with Crippen LogP contribution in [0.15, 0.2) is 91.0 Å². The van der Waals surface area contributed by atoms with E-state index in [1.807, 2.05) is 0 Å². The number of hydrogen-bond donors (Lipinski definition) is 0. The van der Waals surface area contributed by atoms with Gasteiger partial charge in [0.05, 0.1) is 27.8 Å². The third kappa shape index (κ3) is 3.00. The summed E-state index contributed by atoms with van der Waals surface area (Å²) < 4.78 is 4.70. The minimum absolute atomic E-state index is 0.485. The molecule has 0 N–H and O–H groups in total. The third-order valence-electron chi connectivity index (χ3n) is 6.96. The van der Waals surface area contributed by atoms with E-state index in [9.17, 15) is 0 Å². The van der Waals surface area contributed by atoms with Crippen LogP contribution >= 0.6 is 0 Å². The normalized spacial score (nSPS) is 12.7. The number of para-hydroxylation sites is 3. The van der Waals surface area contributed by atoms with Gasteiger partial charge in [-0.25, -0.2) is 4.98 Å². The molecule has 33 heavy (non-hydrogen) atoms. The summed E-state index contributed by atoms with van der Waals surface area (Å²) in [5.41, 5.74) is 8.36. The minimum atomic E-state index is 0.485. The number of aromatic nitrogens is 3. The topological polar surface area (TPSA) is 22.8 Å². The van der Waals surface area contributed by atoms with Crippen LogP contribution < -0.4 is 0 Å². The summed E-state index contributed by atoms with van der Waals surface area (Å²) >= 11 is 0. The van der Waals surface area contributed by atoms with Crippen molar-refractivity contribution in [1.29, 1.82) is 0 Å². The molecule has 0 saturated heterocycles. The molecule has 1 unspecified atom stereocenters. The summed E-state index contributed by atoms with van der Waals surface area (Å²) in [5, 5.41) is 2.56. The molecule has 2 aromatic heterocycles. The fraction of sp³-hybridized carbons (Fsp3) is 0.167. The Morgan fingerprint density at radius 1 is 0.727 bits per heavy atom. The molecule has 162 valence electrons. The molecule has 0 radical (unpaired) electrons. The molecule has 0 aliphatic carbocycles. The quantitative estimate of drug-likeness (QED) is 0.279. The molecule has 0 fully saturated rings. The van der Waals surface area contributed by atoms with Gasteiger partial charge in [0.15, 0.2) is 0 Å². The zero-order chi connectivity index (χ0) is 22.5. The SMILES string of the molecule is CCC(C)c1ccccc1-n1c(C)nc2ccc(-n3c4ccccc4c4ccccc43)cc21. The van der Waals surface area contributed by atoms with E-state index in [1.54, 1.807) is 0 Å². The lowest BCUT2D eigenvalue weighted by atomic mass is 9.96. The van der Waals surface area contributed by atoms with Gasteiger partial charge in [-0.05, 0) is 61.2 Å². The number of nitrogens with zero attached hydrogens (tertiary/aromatic N) is 3. The second-order valence-corrected chi connectivity index (χ2v) is 8.91. The summed E-state index contributed by atoms with van der Waals surface area (Å²) in [6.07, 6.45) is 1.11. The maximum atomic E-state index is 4.92. The lowest BCUT2D eigenvalue weighted by Gasteiger charge is -2.17. The Morgan fingerprint density at radius 2 is 1.36 bits per heavy atom. The van der Waals surface area contributed by atoms with Crippen LogP contribution in [-0.2, 0) is 0 Å². The highest BCUT2D eigenvalue weighted by molar-refractivity contribution is 6.09. The van der Waals surface area contributed by atoms with Gasteiger partial charge in [-0.1, -0.05) is 68.4 Å². The van der Waals surface area contributed by atoms with E-state index in [0.717, 1.165) is 29.0 Å². The van der Waals surface area contributed by atoms with Gasteiger partial charge in [-0.2, -0.15) is 0 Å². The molecule has 3 heteroatoms. The minimum Gasteiger partial charge on any atom is -0.309 e. The van der Waals surface area contributed by atoms with Gasteiger partial charge in [0, 0.05) is 16.5 Å². The summed E-state index contributed by atoms with van der Waals surface area (Å²) in [6.45, 7) is 6.66. The number of hydrogen-bond acceptors (Lipinski definition) is 1. The number of fused-ring (bicyclic) bond motifs is 4. The first-order valence-electron chi connectivity index (χ1n) is 11.7. The Hall–Kier alpha value is -3.85. The molecule has 0 amide bonds. The first-order valence-corrected chi connectivity index (χ1v) is 11.7. The fourth-order valence-corrected chi connectivity index (χ4v) is 5.16. The van der Waals surface area contributed by atoms with E-state index < -0.39 is 0 Å². The number of benzene rings is 4. The zero-order valence-corrected chi connectivity index (χ0v) is 19.3. The van der Waals surface area contributed by atoms with Crippen molar-refractivity contribution in [1.82, 2.24) is 14.1 Å². The third-order valence-corrected chi connectivity index (χ3v) is 6.96. The number of rotatable bonds is 4.